The van der Waals surface area contributed by atoms with Crippen LogP contribution in [0.2, 0.25) is 0 Å². The van der Waals surface area contributed by atoms with Crippen molar-refractivity contribution in [1.82, 2.24) is 4.90 Å². The summed E-state index contributed by atoms with van der Waals surface area (Å²) in [6, 6.07) is 9.66. The predicted molar refractivity (Wildman–Crippen MR) is 84.5 cm³/mol. The maximum absolute atomic E-state index is 5.97. The quantitative estimate of drug-likeness (QED) is 0.759. The van der Waals surface area contributed by atoms with Crippen LogP contribution in [-0.2, 0) is 0 Å². The van der Waals surface area contributed by atoms with Crippen LogP contribution in [0.1, 0.15) is 37.2 Å². The number of rotatable bonds is 4. The molecular formula is C16H22ClNS. The molecule has 2 heterocycles. The van der Waals surface area contributed by atoms with Crippen LogP contribution in [0.3, 0.4) is 0 Å². The Morgan fingerprint density at radius 1 is 1.26 bits per heavy atom. The summed E-state index contributed by atoms with van der Waals surface area (Å²) >= 11 is 7.99. The summed E-state index contributed by atoms with van der Waals surface area (Å²) in [5.41, 5.74) is 1.57. The third-order valence-corrected chi connectivity index (χ3v) is 5.92. The molecule has 1 aromatic rings. The highest BCUT2D eigenvalue weighted by molar-refractivity contribution is 7.99. The summed E-state index contributed by atoms with van der Waals surface area (Å²) < 4.78 is 0. The Morgan fingerprint density at radius 3 is 3.05 bits per heavy atom. The third-order valence-electron chi connectivity index (χ3n) is 4.45. The van der Waals surface area contributed by atoms with E-state index in [9.17, 15) is 0 Å². The van der Waals surface area contributed by atoms with E-state index in [0.717, 1.165) is 24.3 Å². The molecule has 0 saturated carbocycles. The minimum atomic E-state index is 0.720. The highest BCUT2D eigenvalue weighted by Gasteiger charge is 2.28. The van der Waals surface area contributed by atoms with Crippen LogP contribution in [0, 0.1) is 0 Å². The first-order chi connectivity index (χ1) is 9.38. The van der Waals surface area contributed by atoms with Gasteiger partial charge in [0.25, 0.3) is 0 Å². The van der Waals surface area contributed by atoms with E-state index in [0.29, 0.717) is 0 Å². The number of halogens is 1. The predicted octanol–water partition coefficient (Wildman–Crippen LogP) is 4.36. The lowest BCUT2D eigenvalue weighted by Crippen LogP contribution is -2.42. The number of hydrogen-bond acceptors (Lipinski definition) is 2. The van der Waals surface area contributed by atoms with Gasteiger partial charge in [-0.25, -0.2) is 0 Å². The van der Waals surface area contributed by atoms with Gasteiger partial charge in [0.05, 0.1) is 0 Å². The molecule has 2 atom stereocenters. The topological polar surface area (TPSA) is 3.24 Å². The van der Waals surface area contributed by atoms with Gasteiger partial charge in [-0.3, -0.25) is 4.90 Å². The summed E-state index contributed by atoms with van der Waals surface area (Å²) in [5.74, 6) is 2.78. The Balaban J connectivity index is 1.67. The number of nitrogens with zero attached hydrogens (tertiary/aromatic N) is 1. The largest absolute Gasteiger partial charge is 0.300 e. The average Bonchev–Trinajstić information content (AvgIpc) is 2.85. The summed E-state index contributed by atoms with van der Waals surface area (Å²) in [4.78, 5) is 4.21. The molecule has 104 valence electrons. The minimum Gasteiger partial charge on any atom is -0.300 e. The lowest BCUT2D eigenvalue weighted by atomic mass is 9.95. The molecule has 0 bridgehead atoms. The molecule has 0 aromatic heterocycles. The van der Waals surface area contributed by atoms with Crippen molar-refractivity contribution in [1.29, 1.82) is 0 Å². The molecule has 0 spiro atoms. The number of hydrogen-bond donors (Lipinski definition) is 0. The van der Waals surface area contributed by atoms with Crippen molar-refractivity contribution in [2.24, 2.45) is 0 Å². The number of alkyl halides is 1. The maximum atomic E-state index is 5.97. The van der Waals surface area contributed by atoms with Crippen LogP contribution >= 0.6 is 23.4 Å². The summed E-state index contributed by atoms with van der Waals surface area (Å²) in [6.07, 6.45) is 5.24. The molecule has 2 aliphatic rings. The van der Waals surface area contributed by atoms with Gasteiger partial charge in [0.2, 0.25) is 0 Å². The standard InChI is InChI=1S/C16H22ClNS/c17-9-8-14-5-3-4-10-18(14)11-13-12-19-16-7-2-1-6-15(13)16/h1-2,6-7,13-14H,3-5,8-12H2. The van der Waals surface area contributed by atoms with Crippen molar-refractivity contribution < 1.29 is 0 Å². The molecule has 1 fully saturated rings. The van der Waals surface area contributed by atoms with Gasteiger partial charge in [0, 0.05) is 35.0 Å². The molecule has 0 radical (unpaired) electrons. The monoisotopic (exact) mass is 295 g/mol. The van der Waals surface area contributed by atoms with Crippen molar-refractivity contribution in [3.8, 4) is 0 Å². The van der Waals surface area contributed by atoms with Gasteiger partial charge in [0.15, 0.2) is 0 Å². The number of piperidine rings is 1. The van der Waals surface area contributed by atoms with Gasteiger partial charge in [-0.15, -0.1) is 23.4 Å². The zero-order chi connectivity index (χ0) is 13.1. The Labute approximate surface area is 125 Å². The molecule has 0 amide bonds. The van der Waals surface area contributed by atoms with Crippen LogP contribution < -0.4 is 0 Å². The molecule has 0 N–H and O–H groups in total. The SMILES string of the molecule is ClCCC1CCCCN1CC1CSc2ccccc21. The van der Waals surface area contributed by atoms with Crippen molar-refractivity contribution in [2.75, 3.05) is 24.7 Å². The van der Waals surface area contributed by atoms with Crippen molar-refractivity contribution in [3.05, 3.63) is 29.8 Å². The van der Waals surface area contributed by atoms with E-state index in [1.807, 2.05) is 11.8 Å². The molecule has 2 unspecified atom stereocenters. The molecule has 2 aliphatic heterocycles. The molecule has 3 rings (SSSR count). The fourth-order valence-electron chi connectivity index (χ4n) is 3.42. The van der Waals surface area contributed by atoms with Crippen LogP contribution in [0.25, 0.3) is 0 Å². The van der Waals surface area contributed by atoms with E-state index >= 15 is 0 Å². The van der Waals surface area contributed by atoms with E-state index in [-0.39, 0.29) is 0 Å². The van der Waals surface area contributed by atoms with Crippen LogP contribution in [-0.4, -0.2) is 35.7 Å². The van der Waals surface area contributed by atoms with Gasteiger partial charge in [-0.1, -0.05) is 24.6 Å². The Bertz CT molecular complexity index is 421. The molecule has 1 aromatic carbocycles. The van der Waals surface area contributed by atoms with Gasteiger partial charge in [0.1, 0.15) is 0 Å². The van der Waals surface area contributed by atoms with E-state index in [1.165, 1.54) is 43.0 Å². The number of thioether (sulfide) groups is 1. The highest BCUT2D eigenvalue weighted by atomic mass is 35.5. The molecule has 1 nitrogen and oxygen atoms in total. The van der Waals surface area contributed by atoms with Crippen LogP contribution in [0.5, 0.6) is 0 Å². The maximum Gasteiger partial charge on any atom is 0.0238 e. The second-order valence-corrected chi connectivity index (χ2v) is 7.11. The fraction of sp³-hybridized carbons (Fsp3) is 0.625. The molecule has 19 heavy (non-hydrogen) atoms. The number of fused-ring (bicyclic) bond motifs is 1. The normalized spacial score (nSPS) is 27.4. The fourth-order valence-corrected chi connectivity index (χ4v) is 4.91. The van der Waals surface area contributed by atoms with Crippen molar-refractivity contribution in [2.45, 2.75) is 42.5 Å². The zero-order valence-corrected chi connectivity index (χ0v) is 12.9. The molecule has 0 aliphatic carbocycles. The zero-order valence-electron chi connectivity index (χ0n) is 11.4. The Hall–Kier alpha value is -0.180. The van der Waals surface area contributed by atoms with Gasteiger partial charge >= 0.3 is 0 Å². The Kier molecular flexibility index (Phi) is 4.73. The second kappa shape index (κ2) is 6.51. The van der Waals surface area contributed by atoms with E-state index < -0.39 is 0 Å². The van der Waals surface area contributed by atoms with E-state index in [1.54, 1.807) is 5.56 Å². The number of benzene rings is 1. The smallest absolute Gasteiger partial charge is 0.0238 e. The highest BCUT2D eigenvalue weighted by Crippen LogP contribution is 2.40. The van der Waals surface area contributed by atoms with Gasteiger partial charge < -0.3 is 0 Å². The third kappa shape index (κ3) is 3.12. The average molecular weight is 296 g/mol. The lowest BCUT2D eigenvalue weighted by molar-refractivity contribution is 0.138. The summed E-state index contributed by atoms with van der Waals surface area (Å²) in [6.45, 7) is 2.50. The number of likely N-dealkylation sites (tertiary alicyclic amines) is 1. The molecular weight excluding hydrogens is 274 g/mol. The van der Waals surface area contributed by atoms with E-state index in [4.69, 9.17) is 11.6 Å². The van der Waals surface area contributed by atoms with Gasteiger partial charge in [-0.05, 0) is 37.4 Å². The van der Waals surface area contributed by atoms with Crippen LogP contribution in [0.15, 0.2) is 29.2 Å². The molecule has 1 saturated heterocycles. The van der Waals surface area contributed by atoms with Gasteiger partial charge in [-0.2, -0.15) is 0 Å². The summed E-state index contributed by atoms with van der Waals surface area (Å²) in [5, 5.41) is 0. The van der Waals surface area contributed by atoms with E-state index in [2.05, 4.69) is 29.2 Å². The summed E-state index contributed by atoms with van der Waals surface area (Å²) in [7, 11) is 0. The first-order valence-corrected chi connectivity index (χ1v) is 8.92. The second-order valence-electron chi connectivity index (χ2n) is 5.67. The minimum absolute atomic E-state index is 0.720. The first kappa shape index (κ1) is 13.8. The lowest BCUT2D eigenvalue weighted by Gasteiger charge is -2.37. The van der Waals surface area contributed by atoms with Crippen molar-refractivity contribution in [3.63, 3.8) is 0 Å². The molecule has 3 heteroatoms. The first-order valence-electron chi connectivity index (χ1n) is 7.40. The van der Waals surface area contributed by atoms with Crippen molar-refractivity contribution >= 4 is 23.4 Å². The van der Waals surface area contributed by atoms with Crippen LogP contribution in [0.4, 0.5) is 0 Å². The Morgan fingerprint density at radius 2 is 2.16 bits per heavy atom.